The highest BCUT2D eigenvalue weighted by Gasteiger charge is 2.12. The third-order valence-electron chi connectivity index (χ3n) is 2.94. The lowest BCUT2D eigenvalue weighted by Gasteiger charge is -2.18. The number of hydrogen-bond donors (Lipinski definition) is 1. The standard InChI is InChI=1S/C16H14N2O3/c19-16(4-1-12-5-7-17-8-6-12)18-13-2-3-14-15(11-13)21-10-9-20-14/h1-8,11H,9-10H2,(H,18,19). The number of carbonyl (C=O) groups excluding carboxylic acids is 1. The second-order valence-electron chi connectivity index (χ2n) is 4.46. The van der Waals surface area contributed by atoms with Crippen molar-refractivity contribution in [3.63, 3.8) is 0 Å². The van der Waals surface area contributed by atoms with Gasteiger partial charge in [-0.25, -0.2) is 0 Å². The molecule has 0 unspecified atom stereocenters. The van der Waals surface area contributed by atoms with Crippen LogP contribution in [-0.4, -0.2) is 24.1 Å². The molecule has 0 bridgehead atoms. The van der Waals surface area contributed by atoms with Gasteiger partial charge in [0.2, 0.25) is 5.91 Å². The van der Waals surface area contributed by atoms with E-state index in [1.807, 2.05) is 12.1 Å². The van der Waals surface area contributed by atoms with Gasteiger partial charge in [-0.3, -0.25) is 9.78 Å². The Labute approximate surface area is 122 Å². The number of ether oxygens (including phenoxy) is 2. The second-order valence-corrected chi connectivity index (χ2v) is 4.46. The summed E-state index contributed by atoms with van der Waals surface area (Å²) >= 11 is 0. The number of nitrogens with one attached hydrogen (secondary N) is 1. The molecule has 0 saturated carbocycles. The lowest BCUT2D eigenvalue weighted by Crippen LogP contribution is -2.16. The number of fused-ring (bicyclic) bond motifs is 1. The Morgan fingerprint density at radius 1 is 1.10 bits per heavy atom. The first-order valence-corrected chi connectivity index (χ1v) is 6.60. The minimum Gasteiger partial charge on any atom is -0.486 e. The van der Waals surface area contributed by atoms with Crippen molar-refractivity contribution in [2.45, 2.75) is 0 Å². The molecule has 1 aliphatic heterocycles. The van der Waals surface area contributed by atoms with Gasteiger partial charge in [-0.2, -0.15) is 0 Å². The molecule has 3 rings (SSSR count). The van der Waals surface area contributed by atoms with Gasteiger partial charge in [-0.1, -0.05) is 0 Å². The molecule has 1 aromatic carbocycles. The number of amides is 1. The Morgan fingerprint density at radius 2 is 1.86 bits per heavy atom. The van der Waals surface area contributed by atoms with E-state index in [4.69, 9.17) is 9.47 Å². The van der Waals surface area contributed by atoms with Crippen molar-refractivity contribution in [2.75, 3.05) is 18.5 Å². The van der Waals surface area contributed by atoms with Gasteiger partial charge < -0.3 is 14.8 Å². The summed E-state index contributed by atoms with van der Waals surface area (Å²) in [5, 5.41) is 2.79. The minimum absolute atomic E-state index is 0.205. The molecule has 5 heteroatoms. The zero-order chi connectivity index (χ0) is 14.5. The third kappa shape index (κ3) is 3.39. The van der Waals surface area contributed by atoms with Crippen LogP contribution < -0.4 is 14.8 Å². The molecule has 21 heavy (non-hydrogen) atoms. The van der Waals surface area contributed by atoms with Gasteiger partial charge >= 0.3 is 0 Å². The number of hydrogen-bond acceptors (Lipinski definition) is 4. The summed E-state index contributed by atoms with van der Waals surface area (Å²) in [6.07, 6.45) is 6.57. The lowest BCUT2D eigenvalue weighted by atomic mass is 10.2. The topological polar surface area (TPSA) is 60.5 Å². The van der Waals surface area contributed by atoms with Gasteiger partial charge in [0.05, 0.1) is 0 Å². The molecule has 5 nitrogen and oxygen atoms in total. The van der Waals surface area contributed by atoms with Crippen LogP contribution in [0.5, 0.6) is 11.5 Å². The highest BCUT2D eigenvalue weighted by atomic mass is 16.6. The number of pyridine rings is 1. The first kappa shape index (κ1) is 13.2. The largest absolute Gasteiger partial charge is 0.486 e. The highest BCUT2D eigenvalue weighted by molar-refractivity contribution is 6.02. The summed E-state index contributed by atoms with van der Waals surface area (Å²) in [6.45, 7) is 1.07. The number of anilines is 1. The molecule has 0 atom stereocenters. The highest BCUT2D eigenvalue weighted by Crippen LogP contribution is 2.32. The minimum atomic E-state index is -0.205. The van der Waals surface area contributed by atoms with E-state index in [1.54, 1.807) is 36.7 Å². The van der Waals surface area contributed by atoms with Crippen molar-refractivity contribution in [3.8, 4) is 11.5 Å². The van der Waals surface area contributed by atoms with Crippen LogP contribution in [-0.2, 0) is 4.79 Å². The Kier molecular flexibility index (Phi) is 3.82. The van der Waals surface area contributed by atoms with Crippen LogP contribution in [0.25, 0.3) is 6.08 Å². The summed E-state index contributed by atoms with van der Waals surface area (Å²) in [5.74, 6) is 1.15. The number of benzene rings is 1. The van der Waals surface area contributed by atoms with Gasteiger partial charge in [0.15, 0.2) is 11.5 Å². The van der Waals surface area contributed by atoms with Crippen LogP contribution in [0.1, 0.15) is 5.56 Å². The van der Waals surface area contributed by atoms with Crippen LogP contribution in [0.15, 0.2) is 48.8 Å². The maximum atomic E-state index is 11.9. The van der Waals surface area contributed by atoms with E-state index in [0.29, 0.717) is 30.4 Å². The van der Waals surface area contributed by atoms with Crippen LogP contribution in [0.4, 0.5) is 5.69 Å². The SMILES string of the molecule is O=C(C=Cc1ccncc1)Nc1ccc2c(c1)OCCO2. The Balaban J connectivity index is 1.66. The van der Waals surface area contributed by atoms with E-state index in [9.17, 15) is 4.79 Å². The van der Waals surface area contributed by atoms with E-state index >= 15 is 0 Å². The molecule has 106 valence electrons. The normalized spacial score (nSPS) is 13.1. The maximum absolute atomic E-state index is 11.9. The summed E-state index contributed by atoms with van der Waals surface area (Å²) in [6, 6.07) is 8.98. The van der Waals surface area contributed by atoms with Crippen molar-refractivity contribution in [2.24, 2.45) is 0 Å². The second kappa shape index (κ2) is 6.09. The van der Waals surface area contributed by atoms with Crippen molar-refractivity contribution >= 4 is 17.7 Å². The summed E-state index contributed by atoms with van der Waals surface area (Å²) in [5.41, 5.74) is 1.59. The van der Waals surface area contributed by atoms with E-state index in [1.165, 1.54) is 6.08 Å². The van der Waals surface area contributed by atoms with E-state index in [2.05, 4.69) is 10.3 Å². The Bertz CT molecular complexity index is 668. The summed E-state index contributed by atoms with van der Waals surface area (Å²) < 4.78 is 10.9. The lowest BCUT2D eigenvalue weighted by molar-refractivity contribution is -0.111. The van der Waals surface area contributed by atoms with Crippen molar-refractivity contribution in [1.29, 1.82) is 0 Å². The van der Waals surface area contributed by atoms with E-state index in [-0.39, 0.29) is 5.91 Å². The number of nitrogens with zero attached hydrogens (tertiary/aromatic N) is 1. The first-order valence-electron chi connectivity index (χ1n) is 6.60. The average molecular weight is 282 g/mol. The Hall–Kier alpha value is -2.82. The predicted octanol–water partition coefficient (Wildman–Crippen LogP) is 2.50. The fourth-order valence-electron chi connectivity index (χ4n) is 1.95. The number of aromatic nitrogens is 1. The molecule has 1 aromatic heterocycles. The summed E-state index contributed by atoms with van der Waals surface area (Å²) in [4.78, 5) is 15.8. The molecule has 1 amide bonds. The fourth-order valence-corrected chi connectivity index (χ4v) is 1.95. The molecule has 0 aliphatic carbocycles. The molecular formula is C16H14N2O3. The molecule has 1 N–H and O–H groups in total. The molecule has 0 saturated heterocycles. The van der Waals surface area contributed by atoms with Gasteiger partial charge in [-0.05, 0) is 35.9 Å². The maximum Gasteiger partial charge on any atom is 0.248 e. The van der Waals surface area contributed by atoms with Crippen molar-refractivity contribution < 1.29 is 14.3 Å². The van der Waals surface area contributed by atoms with Gasteiger partial charge in [-0.15, -0.1) is 0 Å². The zero-order valence-corrected chi connectivity index (χ0v) is 11.3. The molecule has 2 aromatic rings. The third-order valence-corrected chi connectivity index (χ3v) is 2.94. The quantitative estimate of drug-likeness (QED) is 0.879. The van der Waals surface area contributed by atoms with E-state index in [0.717, 1.165) is 5.56 Å². The number of carbonyl (C=O) groups is 1. The fraction of sp³-hybridized carbons (Fsp3) is 0.125. The summed E-state index contributed by atoms with van der Waals surface area (Å²) in [7, 11) is 0. The monoisotopic (exact) mass is 282 g/mol. The molecule has 0 radical (unpaired) electrons. The van der Waals surface area contributed by atoms with Crippen LogP contribution >= 0.6 is 0 Å². The van der Waals surface area contributed by atoms with Crippen LogP contribution in [0, 0.1) is 0 Å². The van der Waals surface area contributed by atoms with Crippen LogP contribution in [0.2, 0.25) is 0 Å². The van der Waals surface area contributed by atoms with E-state index < -0.39 is 0 Å². The van der Waals surface area contributed by atoms with Crippen molar-refractivity contribution in [1.82, 2.24) is 4.98 Å². The molecule has 0 spiro atoms. The van der Waals surface area contributed by atoms with Crippen LogP contribution in [0.3, 0.4) is 0 Å². The molecular weight excluding hydrogens is 268 g/mol. The molecule has 2 heterocycles. The van der Waals surface area contributed by atoms with Gasteiger partial charge in [0.25, 0.3) is 0 Å². The van der Waals surface area contributed by atoms with Gasteiger partial charge in [0.1, 0.15) is 13.2 Å². The predicted molar refractivity (Wildman–Crippen MR) is 79.3 cm³/mol. The number of rotatable bonds is 3. The average Bonchev–Trinajstić information content (AvgIpc) is 2.54. The van der Waals surface area contributed by atoms with Gasteiger partial charge in [0, 0.05) is 30.2 Å². The molecule has 0 fully saturated rings. The van der Waals surface area contributed by atoms with Crippen molar-refractivity contribution in [3.05, 3.63) is 54.4 Å². The smallest absolute Gasteiger partial charge is 0.248 e. The first-order chi connectivity index (χ1) is 10.3. The Morgan fingerprint density at radius 3 is 2.67 bits per heavy atom. The molecule has 1 aliphatic rings. The zero-order valence-electron chi connectivity index (χ0n) is 11.3.